The van der Waals surface area contributed by atoms with Crippen molar-refractivity contribution in [2.75, 3.05) is 18.0 Å². The first-order valence-electron chi connectivity index (χ1n) is 10.3. The minimum absolute atomic E-state index is 0.0186. The van der Waals surface area contributed by atoms with Gasteiger partial charge < -0.3 is 14.2 Å². The lowest BCUT2D eigenvalue weighted by Gasteiger charge is -2.56. The summed E-state index contributed by atoms with van der Waals surface area (Å²) in [5.74, 6) is -0.909. The van der Waals surface area contributed by atoms with Crippen molar-refractivity contribution < 1.29 is 27.2 Å². The van der Waals surface area contributed by atoms with E-state index in [0.717, 1.165) is 12.8 Å². The second-order valence-electron chi connectivity index (χ2n) is 8.58. The standard InChI is InChI=1S/C20H24F3N5O3S/c1-4-14(32)19(2,3)30-18(29)28-12-7-13(28)10-27(9-12)15-6-5-11(8-24-15)16-25-17(31-26-16)20(21,22)23/h5-6,8,12-14,32H,4,7,9-10H2,1-3H3/t12?,13?,14-/m1/s1. The molecule has 2 unspecified atom stereocenters. The van der Waals surface area contributed by atoms with Crippen LogP contribution in [0.2, 0.25) is 0 Å². The number of fused-ring (bicyclic) bond motifs is 2. The number of thiol groups is 1. The number of piperidine rings is 1. The molecule has 5 heterocycles. The van der Waals surface area contributed by atoms with E-state index in [1.54, 1.807) is 17.0 Å². The molecule has 0 spiro atoms. The van der Waals surface area contributed by atoms with Gasteiger partial charge in [0.1, 0.15) is 11.4 Å². The fraction of sp³-hybridized carbons (Fsp3) is 0.600. The molecule has 3 fully saturated rings. The van der Waals surface area contributed by atoms with E-state index in [0.29, 0.717) is 24.5 Å². The summed E-state index contributed by atoms with van der Waals surface area (Å²) in [7, 11) is 0. The van der Waals surface area contributed by atoms with Crippen LogP contribution in [0.5, 0.6) is 0 Å². The van der Waals surface area contributed by atoms with Crippen LogP contribution in [0.25, 0.3) is 11.4 Å². The van der Waals surface area contributed by atoms with Gasteiger partial charge in [-0.3, -0.25) is 4.90 Å². The van der Waals surface area contributed by atoms with Crippen molar-refractivity contribution in [3.05, 3.63) is 24.2 Å². The first-order valence-corrected chi connectivity index (χ1v) is 10.8. The summed E-state index contributed by atoms with van der Waals surface area (Å²) in [6.45, 7) is 6.91. The van der Waals surface area contributed by atoms with Gasteiger partial charge in [-0.15, -0.1) is 0 Å². The highest BCUT2D eigenvalue weighted by molar-refractivity contribution is 7.81. The van der Waals surface area contributed by atoms with Gasteiger partial charge >= 0.3 is 18.2 Å². The Morgan fingerprint density at radius 3 is 2.53 bits per heavy atom. The Kier molecular flexibility index (Phi) is 5.76. The number of nitrogens with zero attached hydrogens (tertiary/aromatic N) is 5. The molecule has 0 N–H and O–H groups in total. The summed E-state index contributed by atoms with van der Waals surface area (Å²) in [5, 5.41) is 3.31. The average molecular weight is 472 g/mol. The average Bonchev–Trinajstić information content (AvgIpc) is 3.23. The Morgan fingerprint density at radius 2 is 2.00 bits per heavy atom. The molecule has 0 saturated carbocycles. The van der Waals surface area contributed by atoms with Crippen LogP contribution in [0.4, 0.5) is 23.8 Å². The summed E-state index contributed by atoms with van der Waals surface area (Å²) in [6, 6.07) is 3.33. The number of ether oxygens (including phenoxy) is 1. The van der Waals surface area contributed by atoms with Crippen molar-refractivity contribution in [1.82, 2.24) is 20.0 Å². The monoisotopic (exact) mass is 471 g/mol. The SMILES string of the molecule is CC[C@@H](S)C(C)(C)OC(=O)N1C2CC1CN(c1ccc(-c3noc(C(F)(F)F)n3)cn1)C2. The molecule has 2 aromatic rings. The molecule has 2 aromatic heterocycles. The largest absolute Gasteiger partial charge is 0.471 e. The Bertz CT molecular complexity index is 970. The minimum Gasteiger partial charge on any atom is -0.442 e. The molecular formula is C20H24F3N5O3S. The summed E-state index contributed by atoms with van der Waals surface area (Å²) in [6.07, 6.45) is -1.94. The topological polar surface area (TPSA) is 84.6 Å². The normalized spacial score (nSPS) is 21.8. The van der Waals surface area contributed by atoms with Crippen molar-refractivity contribution in [3.63, 3.8) is 0 Å². The van der Waals surface area contributed by atoms with Crippen LogP contribution < -0.4 is 4.90 Å². The van der Waals surface area contributed by atoms with Crippen LogP contribution in [-0.4, -0.2) is 62.1 Å². The smallest absolute Gasteiger partial charge is 0.442 e. The number of carbonyl (C=O) groups excluding carboxylic acids is 1. The van der Waals surface area contributed by atoms with E-state index in [1.165, 1.54) is 6.20 Å². The molecule has 174 valence electrons. The number of aromatic nitrogens is 3. The lowest BCUT2D eigenvalue weighted by Crippen LogP contribution is -2.71. The fourth-order valence-corrected chi connectivity index (χ4v) is 4.15. The highest BCUT2D eigenvalue weighted by Gasteiger charge is 2.49. The van der Waals surface area contributed by atoms with Gasteiger partial charge in [0.15, 0.2) is 0 Å². The van der Waals surface area contributed by atoms with E-state index in [9.17, 15) is 18.0 Å². The number of anilines is 1. The van der Waals surface area contributed by atoms with E-state index in [-0.39, 0.29) is 29.3 Å². The number of amides is 1. The van der Waals surface area contributed by atoms with Gasteiger partial charge in [0, 0.05) is 30.1 Å². The van der Waals surface area contributed by atoms with Gasteiger partial charge in [-0.25, -0.2) is 9.78 Å². The number of hydrogen-bond donors (Lipinski definition) is 1. The molecule has 12 heteroatoms. The lowest BCUT2D eigenvalue weighted by atomic mass is 9.88. The maximum atomic E-state index is 12.7. The molecule has 32 heavy (non-hydrogen) atoms. The summed E-state index contributed by atoms with van der Waals surface area (Å²) in [4.78, 5) is 24.3. The molecule has 8 nitrogen and oxygen atoms in total. The number of hydrogen-bond acceptors (Lipinski definition) is 8. The molecule has 0 aliphatic carbocycles. The third kappa shape index (κ3) is 4.24. The summed E-state index contributed by atoms with van der Waals surface area (Å²) in [5.41, 5.74) is -0.350. The molecule has 2 bridgehead atoms. The van der Waals surface area contributed by atoms with Gasteiger partial charge in [0.25, 0.3) is 0 Å². The number of rotatable bonds is 5. The Balaban J connectivity index is 1.39. The zero-order chi connectivity index (χ0) is 23.3. The number of carbonyl (C=O) groups is 1. The van der Waals surface area contributed by atoms with E-state index in [1.807, 2.05) is 25.7 Å². The van der Waals surface area contributed by atoms with Crippen molar-refractivity contribution >= 4 is 24.5 Å². The predicted octanol–water partition coefficient (Wildman–Crippen LogP) is 4.04. The Labute approximate surface area is 188 Å². The van der Waals surface area contributed by atoms with Crippen molar-refractivity contribution in [3.8, 4) is 11.4 Å². The van der Waals surface area contributed by atoms with Crippen LogP contribution in [0.1, 0.15) is 39.5 Å². The van der Waals surface area contributed by atoms with E-state index >= 15 is 0 Å². The van der Waals surface area contributed by atoms with Crippen LogP contribution in [0.3, 0.4) is 0 Å². The maximum Gasteiger partial charge on any atom is 0.471 e. The van der Waals surface area contributed by atoms with E-state index in [4.69, 9.17) is 4.74 Å². The zero-order valence-electron chi connectivity index (χ0n) is 17.8. The first kappa shape index (κ1) is 22.7. The lowest BCUT2D eigenvalue weighted by molar-refractivity contribution is -0.159. The molecule has 3 saturated heterocycles. The minimum atomic E-state index is -4.69. The van der Waals surface area contributed by atoms with Crippen LogP contribution >= 0.6 is 12.6 Å². The van der Waals surface area contributed by atoms with Crippen LogP contribution in [0, 0.1) is 0 Å². The molecule has 3 aliphatic heterocycles. The van der Waals surface area contributed by atoms with E-state index in [2.05, 4.69) is 32.3 Å². The molecule has 0 aromatic carbocycles. The van der Waals surface area contributed by atoms with Gasteiger partial charge in [-0.05, 0) is 38.8 Å². The molecule has 5 rings (SSSR count). The van der Waals surface area contributed by atoms with Crippen LogP contribution in [0.15, 0.2) is 22.9 Å². The third-order valence-electron chi connectivity index (χ3n) is 5.94. The second kappa shape index (κ2) is 8.13. The number of alkyl halides is 3. The third-order valence-corrected chi connectivity index (χ3v) is 6.93. The number of piperazine rings is 1. The van der Waals surface area contributed by atoms with Crippen molar-refractivity contribution in [1.29, 1.82) is 0 Å². The summed E-state index contributed by atoms with van der Waals surface area (Å²) < 4.78 is 47.9. The molecular weight excluding hydrogens is 447 g/mol. The fourth-order valence-electron chi connectivity index (χ4n) is 4.09. The van der Waals surface area contributed by atoms with E-state index < -0.39 is 17.7 Å². The highest BCUT2D eigenvalue weighted by atomic mass is 32.1. The second-order valence-corrected chi connectivity index (χ2v) is 9.20. The Hall–Kier alpha value is -2.50. The number of halogens is 3. The molecule has 1 amide bonds. The van der Waals surface area contributed by atoms with Gasteiger partial charge in [0.05, 0.1) is 12.1 Å². The zero-order valence-corrected chi connectivity index (χ0v) is 18.7. The number of pyridine rings is 1. The van der Waals surface area contributed by atoms with Crippen molar-refractivity contribution in [2.45, 2.75) is 62.7 Å². The quantitative estimate of drug-likeness (QED) is 0.659. The maximum absolute atomic E-state index is 12.7. The Morgan fingerprint density at radius 1 is 1.31 bits per heavy atom. The van der Waals surface area contributed by atoms with Gasteiger partial charge in [0.2, 0.25) is 5.82 Å². The van der Waals surface area contributed by atoms with Crippen LogP contribution in [-0.2, 0) is 10.9 Å². The molecule has 3 atom stereocenters. The molecule has 3 aliphatic rings. The van der Waals surface area contributed by atoms with Gasteiger partial charge in [-0.1, -0.05) is 12.1 Å². The van der Waals surface area contributed by atoms with Gasteiger partial charge in [-0.2, -0.15) is 30.8 Å². The summed E-state index contributed by atoms with van der Waals surface area (Å²) >= 11 is 4.51. The molecule has 0 radical (unpaired) electrons. The highest BCUT2D eigenvalue weighted by Crippen LogP contribution is 2.36. The van der Waals surface area contributed by atoms with Crippen molar-refractivity contribution in [2.24, 2.45) is 0 Å². The first-order chi connectivity index (χ1) is 15.0. The predicted molar refractivity (Wildman–Crippen MR) is 112 cm³/mol.